The zero-order valence-corrected chi connectivity index (χ0v) is 14.5. The normalized spacial score (nSPS) is 12.2. The van der Waals surface area contributed by atoms with E-state index in [2.05, 4.69) is 27.9 Å². The number of hydrogen-bond acceptors (Lipinski definition) is 3. The topological polar surface area (TPSA) is 38.3 Å². The molecule has 0 saturated heterocycles. The molecule has 1 aromatic heterocycles. The molecule has 1 atom stereocenters. The number of ether oxygens (including phenoxy) is 1. The molecule has 0 spiro atoms. The number of thiophene rings is 1. The van der Waals surface area contributed by atoms with Gasteiger partial charge in [0.15, 0.2) is 0 Å². The van der Waals surface area contributed by atoms with E-state index in [4.69, 9.17) is 16.3 Å². The maximum absolute atomic E-state index is 12.1. The molecule has 0 radical (unpaired) electrons. The third kappa shape index (κ3) is 3.94. The Labute approximate surface area is 140 Å². The fourth-order valence-corrected chi connectivity index (χ4v) is 3.50. The molecule has 0 aliphatic rings. The standard InChI is InChI=1S/C14H13ClINO2S/c1-19-11(12-6-7-13(15)20-12)8-17-14(18)9-4-2-3-5-10(9)16/h2-7,11H,8H2,1H3,(H,17,18). The number of carbonyl (C=O) groups excluding carboxylic acids is 1. The van der Waals surface area contributed by atoms with Crippen LogP contribution >= 0.6 is 45.5 Å². The predicted octanol–water partition coefficient (Wildman–Crippen LogP) is 4.12. The van der Waals surface area contributed by atoms with Crippen LogP contribution in [0.3, 0.4) is 0 Å². The second-order valence-corrected chi connectivity index (χ2v) is 6.96. The van der Waals surface area contributed by atoms with Crippen LogP contribution in [0, 0.1) is 3.57 Å². The molecule has 0 saturated carbocycles. The lowest BCUT2D eigenvalue weighted by Gasteiger charge is -2.15. The van der Waals surface area contributed by atoms with Crippen LogP contribution in [0.5, 0.6) is 0 Å². The summed E-state index contributed by atoms with van der Waals surface area (Å²) in [5, 5.41) is 2.89. The highest BCUT2D eigenvalue weighted by atomic mass is 127. The Hall–Kier alpha value is -0.630. The number of nitrogens with one attached hydrogen (secondary N) is 1. The fraction of sp³-hybridized carbons (Fsp3) is 0.214. The summed E-state index contributed by atoms with van der Waals surface area (Å²) in [7, 11) is 1.62. The van der Waals surface area contributed by atoms with E-state index in [1.54, 1.807) is 13.2 Å². The first kappa shape index (κ1) is 15.8. The molecule has 0 bridgehead atoms. The van der Waals surface area contributed by atoms with Crippen LogP contribution in [0.2, 0.25) is 4.34 Å². The molecule has 1 heterocycles. The molecule has 1 N–H and O–H groups in total. The lowest BCUT2D eigenvalue weighted by molar-refractivity contribution is 0.0837. The zero-order chi connectivity index (χ0) is 14.5. The largest absolute Gasteiger partial charge is 0.374 e. The summed E-state index contributed by atoms with van der Waals surface area (Å²) >= 11 is 9.52. The fourth-order valence-electron chi connectivity index (χ4n) is 1.73. The van der Waals surface area contributed by atoms with E-state index in [0.717, 1.165) is 8.45 Å². The molecule has 1 aromatic carbocycles. The van der Waals surface area contributed by atoms with Gasteiger partial charge in [0.2, 0.25) is 0 Å². The molecule has 0 aliphatic heterocycles. The number of amides is 1. The highest BCUT2D eigenvalue weighted by Gasteiger charge is 2.16. The summed E-state index contributed by atoms with van der Waals surface area (Å²) in [4.78, 5) is 13.1. The number of hydrogen-bond donors (Lipinski definition) is 1. The lowest BCUT2D eigenvalue weighted by atomic mass is 10.2. The van der Waals surface area contributed by atoms with Gasteiger partial charge in [-0.15, -0.1) is 11.3 Å². The smallest absolute Gasteiger partial charge is 0.252 e. The van der Waals surface area contributed by atoms with Crippen LogP contribution in [-0.4, -0.2) is 19.6 Å². The second kappa shape index (κ2) is 7.40. The van der Waals surface area contributed by atoms with Crippen LogP contribution in [0.1, 0.15) is 21.3 Å². The van der Waals surface area contributed by atoms with Crippen molar-refractivity contribution in [1.82, 2.24) is 5.32 Å². The molecule has 1 amide bonds. The summed E-state index contributed by atoms with van der Waals surface area (Å²) in [5.41, 5.74) is 0.673. The maximum atomic E-state index is 12.1. The molecule has 2 rings (SSSR count). The van der Waals surface area contributed by atoms with Gasteiger partial charge in [-0.25, -0.2) is 0 Å². The Balaban J connectivity index is 2.00. The first-order valence-corrected chi connectivity index (χ1v) is 8.20. The molecular formula is C14H13ClINO2S. The van der Waals surface area contributed by atoms with E-state index in [0.29, 0.717) is 16.4 Å². The average molecular weight is 422 g/mol. The minimum Gasteiger partial charge on any atom is -0.374 e. The van der Waals surface area contributed by atoms with Crippen molar-refractivity contribution in [2.75, 3.05) is 13.7 Å². The van der Waals surface area contributed by atoms with Crippen molar-refractivity contribution in [2.24, 2.45) is 0 Å². The second-order valence-electron chi connectivity index (χ2n) is 4.06. The van der Waals surface area contributed by atoms with Gasteiger partial charge in [0.1, 0.15) is 6.10 Å². The number of benzene rings is 1. The van der Waals surface area contributed by atoms with Crippen molar-refractivity contribution in [3.05, 3.63) is 54.7 Å². The minimum absolute atomic E-state index is 0.0975. The van der Waals surface area contributed by atoms with E-state index in [9.17, 15) is 4.79 Å². The summed E-state index contributed by atoms with van der Waals surface area (Å²) in [6.07, 6.45) is -0.183. The first-order chi connectivity index (χ1) is 9.61. The van der Waals surface area contributed by atoms with Gasteiger partial charge in [-0.1, -0.05) is 23.7 Å². The van der Waals surface area contributed by atoms with Crippen molar-refractivity contribution in [3.8, 4) is 0 Å². The molecule has 3 nitrogen and oxygen atoms in total. The maximum Gasteiger partial charge on any atom is 0.252 e. The molecule has 106 valence electrons. The summed E-state index contributed by atoms with van der Waals surface area (Å²) in [6, 6.07) is 11.2. The third-order valence-electron chi connectivity index (χ3n) is 2.76. The Morgan fingerprint density at radius 3 is 2.75 bits per heavy atom. The molecule has 1 unspecified atom stereocenters. The van der Waals surface area contributed by atoms with E-state index < -0.39 is 0 Å². The van der Waals surface area contributed by atoms with Gasteiger partial charge in [-0.2, -0.15) is 0 Å². The Morgan fingerprint density at radius 2 is 2.15 bits per heavy atom. The van der Waals surface area contributed by atoms with E-state index in [1.165, 1.54) is 11.3 Å². The Bertz CT molecular complexity index is 602. The van der Waals surface area contributed by atoms with Gasteiger partial charge in [0.25, 0.3) is 5.91 Å². The van der Waals surface area contributed by atoms with Crippen LogP contribution in [-0.2, 0) is 4.74 Å². The van der Waals surface area contributed by atoms with E-state index >= 15 is 0 Å². The highest BCUT2D eigenvalue weighted by Crippen LogP contribution is 2.28. The van der Waals surface area contributed by atoms with Crippen molar-refractivity contribution in [2.45, 2.75) is 6.10 Å². The number of rotatable bonds is 5. The Morgan fingerprint density at radius 1 is 1.40 bits per heavy atom. The molecule has 0 aliphatic carbocycles. The van der Waals surface area contributed by atoms with E-state index in [1.807, 2.05) is 30.3 Å². The van der Waals surface area contributed by atoms with Crippen LogP contribution < -0.4 is 5.32 Å². The van der Waals surface area contributed by atoms with Crippen molar-refractivity contribution < 1.29 is 9.53 Å². The Kier molecular flexibility index (Phi) is 5.83. The van der Waals surface area contributed by atoms with Crippen molar-refractivity contribution in [1.29, 1.82) is 0 Å². The molecular weight excluding hydrogens is 409 g/mol. The van der Waals surface area contributed by atoms with Crippen LogP contribution in [0.25, 0.3) is 0 Å². The molecule has 2 aromatic rings. The summed E-state index contributed by atoms with van der Waals surface area (Å²) < 4.78 is 7.04. The minimum atomic E-state index is -0.183. The summed E-state index contributed by atoms with van der Waals surface area (Å²) in [6.45, 7) is 0.414. The van der Waals surface area contributed by atoms with Gasteiger partial charge in [-0.05, 0) is 46.9 Å². The molecule has 20 heavy (non-hydrogen) atoms. The van der Waals surface area contributed by atoms with E-state index in [-0.39, 0.29) is 12.0 Å². The highest BCUT2D eigenvalue weighted by molar-refractivity contribution is 14.1. The third-order valence-corrected chi connectivity index (χ3v) is 5.03. The van der Waals surface area contributed by atoms with Crippen molar-refractivity contribution in [3.63, 3.8) is 0 Å². The van der Waals surface area contributed by atoms with Crippen molar-refractivity contribution >= 4 is 51.4 Å². The lowest BCUT2D eigenvalue weighted by Crippen LogP contribution is -2.29. The summed E-state index contributed by atoms with van der Waals surface area (Å²) in [5.74, 6) is -0.0975. The SMILES string of the molecule is COC(CNC(=O)c1ccccc1I)c1ccc(Cl)s1. The number of methoxy groups -OCH3 is 1. The van der Waals surface area contributed by atoms with Crippen LogP contribution in [0.15, 0.2) is 36.4 Å². The average Bonchev–Trinajstić information content (AvgIpc) is 2.86. The van der Waals surface area contributed by atoms with Gasteiger partial charge in [0.05, 0.1) is 9.90 Å². The molecule has 0 fully saturated rings. The number of halogens is 2. The van der Waals surface area contributed by atoms with Gasteiger partial charge in [0, 0.05) is 22.1 Å². The van der Waals surface area contributed by atoms with Gasteiger partial charge in [-0.3, -0.25) is 4.79 Å². The monoisotopic (exact) mass is 421 g/mol. The van der Waals surface area contributed by atoms with Gasteiger partial charge < -0.3 is 10.1 Å². The predicted molar refractivity (Wildman–Crippen MR) is 90.6 cm³/mol. The quantitative estimate of drug-likeness (QED) is 0.738. The number of carbonyl (C=O) groups is 1. The zero-order valence-electron chi connectivity index (χ0n) is 10.7. The van der Waals surface area contributed by atoms with Crippen LogP contribution in [0.4, 0.5) is 0 Å². The first-order valence-electron chi connectivity index (χ1n) is 5.92. The van der Waals surface area contributed by atoms with Gasteiger partial charge >= 0.3 is 0 Å². The molecule has 6 heteroatoms.